The van der Waals surface area contributed by atoms with E-state index in [0.29, 0.717) is 22.7 Å². The van der Waals surface area contributed by atoms with Crippen molar-refractivity contribution in [2.45, 2.75) is 31.6 Å². The number of amides is 1. The number of thioether (sulfide) groups is 1. The highest BCUT2D eigenvalue weighted by atomic mass is 32.2. The number of carbonyl (C=O) groups excluding carboxylic acids is 1. The second kappa shape index (κ2) is 10.2. The van der Waals surface area contributed by atoms with Gasteiger partial charge in [0, 0.05) is 41.1 Å². The highest BCUT2D eigenvalue weighted by Gasteiger charge is 2.18. The van der Waals surface area contributed by atoms with E-state index in [2.05, 4.69) is 35.0 Å². The van der Waals surface area contributed by atoms with Gasteiger partial charge in [0.05, 0.1) is 29.3 Å². The number of aromatic nitrogens is 3. The number of para-hydroxylation sites is 2. The highest BCUT2D eigenvalue weighted by Crippen LogP contribution is 2.31. The van der Waals surface area contributed by atoms with Crippen molar-refractivity contribution in [3.63, 3.8) is 0 Å². The Morgan fingerprint density at radius 1 is 1.03 bits per heavy atom. The number of nitrogens with one attached hydrogen (secondary N) is 1. The molecule has 0 bridgehead atoms. The van der Waals surface area contributed by atoms with Gasteiger partial charge in [-0.05, 0) is 50.2 Å². The van der Waals surface area contributed by atoms with Crippen molar-refractivity contribution < 1.29 is 9.53 Å². The molecule has 0 aliphatic carbocycles. The van der Waals surface area contributed by atoms with Crippen LogP contribution in [0.2, 0.25) is 0 Å². The fourth-order valence-corrected chi connectivity index (χ4v) is 5.63. The van der Waals surface area contributed by atoms with E-state index in [1.807, 2.05) is 49.4 Å². The quantitative estimate of drug-likeness (QED) is 0.226. The molecule has 5 rings (SSSR count). The molecule has 1 atom stereocenters. The Hall–Kier alpha value is -3.62. The van der Waals surface area contributed by atoms with E-state index in [4.69, 9.17) is 9.72 Å². The summed E-state index contributed by atoms with van der Waals surface area (Å²) in [6.45, 7) is 5.28. The molecule has 0 radical (unpaired) electrons. The Bertz CT molecular complexity index is 1640. The van der Waals surface area contributed by atoms with Crippen molar-refractivity contribution >= 4 is 56.1 Å². The van der Waals surface area contributed by atoms with Gasteiger partial charge < -0.3 is 14.6 Å². The molecule has 2 aromatic heterocycles. The lowest BCUT2D eigenvalue weighted by molar-refractivity contribution is -0.113. The van der Waals surface area contributed by atoms with Crippen molar-refractivity contribution in [2.75, 3.05) is 24.8 Å². The fourth-order valence-electron chi connectivity index (χ4n) is 4.73. The molecule has 5 aromatic rings. The zero-order valence-electron chi connectivity index (χ0n) is 20.5. The first-order valence-corrected chi connectivity index (χ1v) is 12.9. The van der Waals surface area contributed by atoms with E-state index < -0.39 is 0 Å². The second-order valence-electron chi connectivity index (χ2n) is 8.72. The van der Waals surface area contributed by atoms with Crippen LogP contribution in [-0.2, 0) is 16.1 Å². The number of anilines is 1. The molecular formula is C28H28N4O3S. The number of rotatable bonds is 8. The van der Waals surface area contributed by atoms with Crippen LogP contribution in [0.5, 0.6) is 0 Å². The van der Waals surface area contributed by atoms with E-state index in [0.717, 1.165) is 28.5 Å². The smallest absolute Gasteiger partial charge is 0.262 e. The Morgan fingerprint density at radius 3 is 2.53 bits per heavy atom. The molecule has 7 nitrogen and oxygen atoms in total. The number of benzene rings is 3. The van der Waals surface area contributed by atoms with Crippen LogP contribution in [0.4, 0.5) is 5.69 Å². The molecule has 1 N–H and O–H groups in total. The van der Waals surface area contributed by atoms with E-state index in [-0.39, 0.29) is 23.3 Å². The second-order valence-corrected chi connectivity index (χ2v) is 9.66. The van der Waals surface area contributed by atoms with E-state index in [1.54, 1.807) is 17.7 Å². The minimum absolute atomic E-state index is 0.124. The molecule has 1 unspecified atom stereocenters. The van der Waals surface area contributed by atoms with E-state index in [9.17, 15) is 9.59 Å². The van der Waals surface area contributed by atoms with Crippen LogP contribution in [0.3, 0.4) is 0 Å². The van der Waals surface area contributed by atoms with E-state index in [1.165, 1.54) is 17.3 Å². The number of hydrogen-bond acceptors (Lipinski definition) is 5. The van der Waals surface area contributed by atoms with Gasteiger partial charge in [-0.2, -0.15) is 0 Å². The normalized spacial score (nSPS) is 12.4. The molecule has 1 amide bonds. The molecule has 0 saturated carbocycles. The van der Waals surface area contributed by atoms with Crippen LogP contribution in [0, 0.1) is 0 Å². The first-order chi connectivity index (χ1) is 17.5. The maximum atomic E-state index is 13.2. The first kappa shape index (κ1) is 24.1. The number of ether oxygens (including phenoxy) is 1. The van der Waals surface area contributed by atoms with Gasteiger partial charge in [-0.1, -0.05) is 42.1 Å². The van der Waals surface area contributed by atoms with Crippen molar-refractivity contribution in [1.82, 2.24) is 14.1 Å². The monoisotopic (exact) mass is 500 g/mol. The average Bonchev–Trinajstić information content (AvgIpc) is 3.20. The van der Waals surface area contributed by atoms with Gasteiger partial charge in [0.15, 0.2) is 5.16 Å². The number of fused-ring (bicyclic) bond motifs is 4. The van der Waals surface area contributed by atoms with Crippen LogP contribution in [0.15, 0.2) is 76.7 Å². The van der Waals surface area contributed by atoms with E-state index >= 15 is 0 Å². The molecule has 0 aliphatic rings. The zero-order chi connectivity index (χ0) is 25.2. The lowest BCUT2D eigenvalue weighted by Crippen LogP contribution is -2.29. The SMILES string of the molecule is CCn1c2ccccc2c2cc(NC(=O)CSc3nc4ccccc4c(=O)n3C(C)COC)ccc21. The predicted molar refractivity (Wildman–Crippen MR) is 147 cm³/mol. The minimum Gasteiger partial charge on any atom is -0.383 e. The average molecular weight is 501 g/mol. The summed E-state index contributed by atoms with van der Waals surface area (Å²) in [7, 11) is 1.60. The Labute approximate surface area is 213 Å². The molecule has 8 heteroatoms. The third-order valence-corrected chi connectivity index (χ3v) is 7.28. The van der Waals surface area contributed by atoms with Gasteiger partial charge in [-0.25, -0.2) is 4.98 Å². The summed E-state index contributed by atoms with van der Waals surface area (Å²) in [4.78, 5) is 30.8. The van der Waals surface area contributed by atoms with Crippen LogP contribution in [-0.4, -0.2) is 39.5 Å². The molecule has 36 heavy (non-hydrogen) atoms. The van der Waals surface area contributed by atoms with Gasteiger partial charge >= 0.3 is 0 Å². The van der Waals surface area contributed by atoms with Crippen LogP contribution in [0.1, 0.15) is 19.9 Å². The Balaban J connectivity index is 1.40. The molecule has 0 aliphatic heterocycles. The molecule has 0 fully saturated rings. The molecule has 184 valence electrons. The van der Waals surface area contributed by atoms with Crippen molar-refractivity contribution in [2.24, 2.45) is 0 Å². The number of nitrogens with zero attached hydrogens (tertiary/aromatic N) is 3. The predicted octanol–water partition coefficient (Wildman–Crippen LogP) is 5.46. The van der Waals surface area contributed by atoms with Crippen molar-refractivity contribution in [1.29, 1.82) is 0 Å². The summed E-state index contributed by atoms with van der Waals surface area (Å²) in [5.41, 5.74) is 3.54. The summed E-state index contributed by atoms with van der Waals surface area (Å²) in [6.07, 6.45) is 0. The lowest BCUT2D eigenvalue weighted by Gasteiger charge is -2.18. The fraction of sp³-hybridized carbons (Fsp3) is 0.250. The topological polar surface area (TPSA) is 78.2 Å². The van der Waals surface area contributed by atoms with Gasteiger partial charge in [0.2, 0.25) is 5.91 Å². The summed E-state index contributed by atoms with van der Waals surface area (Å²) in [6, 6.07) is 21.4. The molecular weight excluding hydrogens is 472 g/mol. The van der Waals surface area contributed by atoms with Crippen LogP contribution < -0.4 is 10.9 Å². The Morgan fingerprint density at radius 2 is 1.75 bits per heavy atom. The van der Waals surface area contributed by atoms with Crippen molar-refractivity contribution in [3.8, 4) is 0 Å². The standard InChI is InChI=1S/C28H28N4O3S/c1-4-31-24-12-8-6-9-20(24)22-15-19(13-14-25(22)31)29-26(33)17-36-28-30-23-11-7-5-10-21(23)27(34)32(28)18(2)16-35-3/h5-15,18H,4,16-17H2,1-3H3,(H,29,33). The third kappa shape index (κ3) is 4.38. The van der Waals surface area contributed by atoms with Crippen LogP contribution >= 0.6 is 11.8 Å². The maximum absolute atomic E-state index is 13.2. The summed E-state index contributed by atoms with van der Waals surface area (Å²) in [5, 5.41) is 6.33. The third-order valence-electron chi connectivity index (χ3n) is 6.33. The lowest BCUT2D eigenvalue weighted by atomic mass is 10.1. The molecule has 2 heterocycles. The van der Waals surface area contributed by atoms with Gasteiger partial charge in [-0.3, -0.25) is 14.2 Å². The minimum atomic E-state index is -0.219. The summed E-state index contributed by atoms with van der Waals surface area (Å²) >= 11 is 1.25. The molecule has 0 saturated heterocycles. The first-order valence-electron chi connectivity index (χ1n) is 12.0. The highest BCUT2D eigenvalue weighted by molar-refractivity contribution is 7.99. The largest absolute Gasteiger partial charge is 0.383 e. The summed E-state index contributed by atoms with van der Waals surface area (Å²) in [5.74, 6) is -0.0360. The summed E-state index contributed by atoms with van der Waals surface area (Å²) < 4.78 is 9.18. The van der Waals surface area contributed by atoms with Crippen molar-refractivity contribution in [3.05, 3.63) is 77.1 Å². The molecule has 3 aromatic carbocycles. The maximum Gasteiger partial charge on any atom is 0.262 e. The number of aryl methyl sites for hydroxylation is 1. The Kier molecular flexibility index (Phi) is 6.80. The molecule has 0 spiro atoms. The van der Waals surface area contributed by atoms with Crippen LogP contribution in [0.25, 0.3) is 32.7 Å². The zero-order valence-corrected chi connectivity index (χ0v) is 21.3. The number of carbonyl (C=O) groups is 1. The van der Waals surface area contributed by atoms with Gasteiger partial charge in [0.1, 0.15) is 0 Å². The van der Waals surface area contributed by atoms with Gasteiger partial charge in [-0.15, -0.1) is 0 Å². The number of methoxy groups -OCH3 is 1. The number of hydrogen-bond donors (Lipinski definition) is 1. The van der Waals surface area contributed by atoms with Gasteiger partial charge in [0.25, 0.3) is 5.56 Å².